The van der Waals surface area contributed by atoms with Crippen LogP contribution in [-0.4, -0.2) is 12.3 Å². The average Bonchev–Trinajstić information content (AvgIpc) is 3.22. The van der Waals surface area contributed by atoms with Crippen LogP contribution in [0.15, 0.2) is 42.0 Å². The van der Waals surface area contributed by atoms with Crippen molar-refractivity contribution in [3.63, 3.8) is 0 Å². The van der Waals surface area contributed by atoms with Gasteiger partial charge in [-0.2, -0.15) is 0 Å². The number of carbonyl (C=O) groups is 1. The first kappa shape index (κ1) is 26.8. The smallest absolute Gasteiger partial charge is 0.430 e. The van der Waals surface area contributed by atoms with E-state index in [0.717, 1.165) is 54.8 Å². The number of benzene rings is 1. The molecule has 3 nitrogen and oxygen atoms in total. The Hall–Kier alpha value is -1.77. The number of rotatable bonds is 7. The lowest BCUT2D eigenvalue weighted by Gasteiger charge is -2.58. The van der Waals surface area contributed by atoms with Gasteiger partial charge in [0.25, 0.3) is 0 Å². The standard InChI is InChI=1S/C34H50O3/c1-23(2)10-9-11-24(3)29-16-17-30-28-15-14-25-22-27(37-32(35)36-26-12-7-6-8-13-26)18-20-33(25,4)31(28)19-21-34(29,30)5/h6-8,12-14,23-24,27-31H,9-11,15-22H2,1-5H3/t24-,27+,28-,29+,30+,31-,33+,34-/m1/s1. The molecule has 4 aliphatic rings. The maximum atomic E-state index is 12.4. The molecule has 3 saturated carbocycles. The Morgan fingerprint density at radius 2 is 1.76 bits per heavy atom. The Labute approximate surface area is 225 Å². The third-order valence-electron chi connectivity index (χ3n) is 11.5. The van der Waals surface area contributed by atoms with E-state index in [0.29, 0.717) is 11.2 Å². The summed E-state index contributed by atoms with van der Waals surface area (Å²) in [5, 5.41) is 0. The molecular weight excluding hydrogens is 456 g/mol. The van der Waals surface area contributed by atoms with Crippen molar-refractivity contribution < 1.29 is 14.3 Å². The van der Waals surface area contributed by atoms with Gasteiger partial charge in [-0.3, -0.25) is 0 Å². The molecule has 0 saturated heterocycles. The Balaban J connectivity index is 1.22. The number of para-hydroxylation sites is 1. The zero-order valence-corrected chi connectivity index (χ0v) is 24.0. The van der Waals surface area contributed by atoms with Gasteiger partial charge in [-0.15, -0.1) is 0 Å². The van der Waals surface area contributed by atoms with Gasteiger partial charge in [0, 0.05) is 6.42 Å². The van der Waals surface area contributed by atoms with Crippen molar-refractivity contribution in [2.75, 3.05) is 0 Å². The van der Waals surface area contributed by atoms with E-state index in [4.69, 9.17) is 9.47 Å². The maximum Gasteiger partial charge on any atom is 0.514 e. The fourth-order valence-corrected chi connectivity index (χ4v) is 9.50. The van der Waals surface area contributed by atoms with Crippen molar-refractivity contribution in [2.24, 2.45) is 46.3 Å². The Morgan fingerprint density at radius 3 is 2.51 bits per heavy atom. The van der Waals surface area contributed by atoms with E-state index in [2.05, 4.69) is 40.7 Å². The Bertz CT molecular complexity index is 967. The molecule has 5 rings (SSSR count). The normalized spacial score (nSPS) is 37.7. The molecule has 0 spiro atoms. The van der Waals surface area contributed by atoms with Crippen molar-refractivity contribution in [2.45, 2.75) is 111 Å². The van der Waals surface area contributed by atoms with Crippen LogP contribution in [0.2, 0.25) is 0 Å². The number of fused-ring (bicyclic) bond motifs is 5. The molecule has 1 aromatic rings. The Kier molecular flexibility index (Phi) is 7.81. The summed E-state index contributed by atoms with van der Waals surface area (Å²) in [5.41, 5.74) is 2.36. The van der Waals surface area contributed by atoms with E-state index in [-0.39, 0.29) is 11.5 Å². The monoisotopic (exact) mass is 506 g/mol. The number of ether oxygens (including phenoxy) is 2. The fourth-order valence-electron chi connectivity index (χ4n) is 9.50. The van der Waals surface area contributed by atoms with E-state index in [1.807, 2.05) is 18.2 Å². The molecule has 0 heterocycles. The van der Waals surface area contributed by atoms with Gasteiger partial charge in [0.15, 0.2) is 0 Å². The van der Waals surface area contributed by atoms with E-state index in [9.17, 15) is 4.79 Å². The summed E-state index contributed by atoms with van der Waals surface area (Å²) in [5.74, 6) is 5.64. The topological polar surface area (TPSA) is 35.5 Å². The predicted molar refractivity (Wildman–Crippen MR) is 150 cm³/mol. The molecule has 0 unspecified atom stereocenters. The van der Waals surface area contributed by atoms with Crippen LogP contribution >= 0.6 is 0 Å². The first-order valence-corrected chi connectivity index (χ1v) is 15.3. The van der Waals surface area contributed by atoms with Gasteiger partial charge < -0.3 is 9.47 Å². The third-order valence-corrected chi connectivity index (χ3v) is 11.5. The van der Waals surface area contributed by atoms with E-state index >= 15 is 0 Å². The molecule has 3 heteroatoms. The quantitative estimate of drug-likeness (QED) is 0.210. The fraction of sp³-hybridized carbons (Fsp3) is 0.735. The van der Waals surface area contributed by atoms with Crippen molar-refractivity contribution in [1.82, 2.24) is 0 Å². The highest BCUT2D eigenvalue weighted by atomic mass is 16.7. The molecule has 0 amide bonds. The SMILES string of the molecule is CC(C)CCC[C@@H](C)[C@@H]1CC[C@H]2[C@H]3CC=C4C[C@@H](OC(=O)Oc5ccccc5)CC[C@]4(C)[C@@H]3CC[C@@]21C. The van der Waals surface area contributed by atoms with Crippen molar-refractivity contribution in [1.29, 1.82) is 0 Å². The lowest BCUT2D eigenvalue weighted by molar-refractivity contribution is -0.0597. The van der Waals surface area contributed by atoms with E-state index in [1.54, 1.807) is 17.7 Å². The molecule has 204 valence electrons. The summed E-state index contributed by atoms with van der Waals surface area (Å²) in [4.78, 5) is 12.4. The van der Waals surface area contributed by atoms with Crippen LogP contribution in [0.25, 0.3) is 0 Å². The lowest BCUT2D eigenvalue weighted by atomic mass is 9.47. The van der Waals surface area contributed by atoms with Gasteiger partial charge in [0.05, 0.1) is 0 Å². The van der Waals surface area contributed by atoms with Crippen LogP contribution < -0.4 is 4.74 Å². The van der Waals surface area contributed by atoms with Crippen LogP contribution in [0, 0.1) is 46.3 Å². The summed E-state index contributed by atoms with van der Waals surface area (Å²) in [7, 11) is 0. The van der Waals surface area contributed by atoms with Crippen LogP contribution in [0.1, 0.15) is 105 Å². The second kappa shape index (κ2) is 10.8. The molecule has 0 aromatic heterocycles. The summed E-state index contributed by atoms with van der Waals surface area (Å²) >= 11 is 0. The second-order valence-corrected chi connectivity index (χ2v) is 13.9. The molecule has 0 radical (unpaired) electrons. The minimum atomic E-state index is -0.568. The van der Waals surface area contributed by atoms with Crippen molar-refractivity contribution in [3.05, 3.63) is 42.0 Å². The average molecular weight is 507 g/mol. The predicted octanol–water partition coefficient (Wildman–Crippen LogP) is 9.61. The van der Waals surface area contributed by atoms with E-state index < -0.39 is 6.16 Å². The number of hydrogen-bond donors (Lipinski definition) is 0. The molecule has 8 atom stereocenters. The summed E-state index contributed by atoms with van der Waals surface area (Å²) in [6.07, 6.45) is 16.0. The van der Waals surface area contributed by atoms with Gasteiger partial charge >= 0.3 is 6.16 Å². The first-order valence-electron chi connectivity index (χ1n) is 15.3. The molecule has 0 aliphatic heterocycles. The minimum Gasteiger partial charge on any atom is -0.430 e. The van der Waals surface area contributed by atoms with E-state index in [1.165, 1.54) is 51.4 Å². The van der Waals surface area contributed by atoms with Gasteiger partial charge in [-0.25, -0.2) is 4.79 Å². The zero-order chi connectivity index (χ0) is 26.2. The largest absolute Gasteiger partial charge is 0.514 e. The summed E-state index contributed by atoms with van der Waals surface area (Å²) < 4.78 is 11.2. The highest BCUT2D eigenvalue weighted by molar-refractivity contribution is 5.64. The summed E-state index contributed by atoms with van der Waals surface area (Å²) in [6.45, 7) is 12.5. The summed E-state index contributed by atoms with van der Waals surface area (Å²) in [6, 6.07) is 9.23. The second-order valence-electron chi connectivity index (χ2n) is 13.9. The molecule has 3 fully saturated rings. The third kappa shape index (κ3) is 5.26. The van der Waals surface area contributed by atoms with Crippen LogP contribution in [0.5, 0.6) is 5.75 Å². The van der Waals surface area contributed by atoms with Crippen molar-refractivity contribution in [3.8, 4) is 5.75 Å². The minimum absolute atomic E-state index is 0.0662. The number of allylic oxidation sites excluding steroid dienone is 1. The highest BCUT2D eigenvalue weighted by Crippen LogP contribution is 2.67. The Morgan fingerprint density at radius 1 is 0.973 bits per heavy atom. The number of hydrogen-bond acceptors (Lipinski definition) is 3. The number of carbonyl (C=O) groups excluding carboxylic acids is 1. The highest BCUT2D eigenvalue weighted by Gasteiger charge is 2.59. The van der Waals surface area contributed by atoms with Crippen LogP contribution in [0.3, 0.4) is 0 Å². The van der Waals surface area contributed by atoms with Crippen LogP contribution in [-0.2, 0) is 4.74 Å². The van der Waals surface area contributed by atoms with Crippen molar-refractivity contribution >= 4 is 6.16 Å². The molecule has 0 N–H and O–H groups in total. The molecular formula is C34H50O3. The molecule has 37 heavy (non-hydrogen) atoms. The van der Waals surface area contributed by atoms with Gasteiger partial charge in [0.2, 0.25) is 0 Å². The van der Waals surface area contributed by atoms with Gasteiger partial charge in [0.1, 0.15) is 11.9 Å². The molecule has 1 aromatic carbocycles. The molecule has 4 aliphatic carbocycles. The van der Waals surface area contributed by atoms with Crippen LogP contribution in [0.4, 0.5) is 4.79 Å². The van der Waals surface area contributed by atoms with Gasteiger partial charge in [-0.1, -0.05) is 83.7 Å². The first-order chi connectivity index (χ1) is 17.7. The lowest BCUT2D eigenvalue weighted by Crippen LogP contribution is -2.51. The molecule has 0 bridgehead atoms. The maximum absolute atomic E-state index is 12.4. The zero-order valence-electron chi connectivity index (χ0n) is 24.0. The van der Waals surface area contributed by atoms with Gasteiger partial charge in [-0.05, 0) is 103 Å².